The molecule has 5 N–H and O–H groups in total. The summed E-state index contributed by atoms with van der Waals surface area (Å²) in [5, 5.41) is 24.2. The molecule has 10 nitrogen and oxygen atoms in total. The van der Waals surface area contributed by atoms with Gasteiger partial charge in [-0.3, -0.25) is 0 Å². The van der Waals surface area contributed by atoms with E-state index in [4.69, 9.17) is 44.1 Å². The van der Waals surface area contributed by atoms with E-state index in [9.17, 15) is 13.2 Å². The molecule has 0 saturated carbocycles. The molecular formula is C20H15Cl2F3N8O2S. The fourth-order valence-electron chi connectivity index (χ4n) is 2.72. The minimum Gasteiger partial charge on any atom is -0.475 e. The maximum atomic E-state index is 10.6. The van der Waals surface area contributed by atoms with Crippen LogP contribution in [0.2, 0.25) is 10.0 Å². The van der Waals surface area contributed by atoms with E-state index >= 15 is 0 Å². The van der Waals surface area contributed by atoms with Gasteiger partial charge in [0.1, 0.15) is 10.9 Å². The number of anilines is 3. The lowest BCUT2D eigenvalue weighted by atomic mass is 10.1. The zero-order valence-electron chi connectivity index (χ0n) is 17.8. The van der Waals surface area contributed by atoms with Crippen LogP contribution in [0.25, 0.3) is 16.9 Å². The standard InChI is InChI=1S/C18H14Cl2N8S.C2HF3O2/c19-10-1-2-11(12(20)7-10)13-9-28-6-5-24-17(28)16(26-13)23-3-4-25-18-27-15(22)14(8-21)29-18;3-2(4,5)1(6)7/h1-2,5-7,9H,3-4,22H2,(H,23,26)(H,25,27);(H,6,7). The van der Waals surface area contributed by atoms with Crippen molar-refractivity contribution in [3.05, 3.63) is 51.7 Å². The van der Waals surface area contributed by atoms with Crippen molar-refractivity contribution in [2.24, 2.45) is 0 Å². The van der Waals surface area contributed by atoms with Crippen molar-refractivity contribution in [1.82, 2.24) is 19.4 Å². The van der Waals surface area contributed by atoms with Crippen LogP contribution >= 0.6 is 34.5 Å². The molecule has 36 heavy (non-hydrogen) atoms. The summed E-state index contributed by atoms with van der Waals surface area (Å²) >= 11 is 13.6. The molecule has 1 aromatic carbocycles. The minimum atomic E-state index is -5.08. The smallest absolute Gasteiger partial charge is 0.475 e. The molecule has 4 aromatic rings. The highest BCUT2D eigenvalue weighted by Gasteiger charge is 2.38. The van der Waals surface area contributed by atoms with Crippen LogP contribution in [0.4, 0.5) is 29.9 Å². The number of carboxylic acids is 1. The number of imidazole rings is 1. The largest absolute Gasteiger partial charge is 0.490 e. The Morgan fingerprint density at radius 2 is 1.94 bits per heavy atom. The average molecular weight is 559 g/mol. The lowest BCUT2D eigenvalue weighted by molar-refractivity contribution is -0.192. The summed E-state index contributed by atoms with van der Waals surface area (Å²) in [6.45, 7) is 1.10. The number of aromatic nitrogens is 4. The minimum absolute atomic E-state index is 0.237. The van der Waals surface area contributed by atoms with Crippen LogP contribution in [0.15, 0.2) is 36.8 Å². The van der Waals surface area contributed by atoms with E-state index in [2.05, 4.69) is 25.6 Å². The Morgan fingerprint density at radius 1 is 1.25 bits per heavy atom. The zero-order chi connectivity index (χ0) is 26.5. The number of benzene rings is 1. The van der Waals surface area contributed by atoms with Crippen LogP contribution in [-0.4, -0.2) is 49.7 Å². The Hall–Kier alpha value is -3.80. The molecule has 0 bridgehead atoms. The van der Waals surface area contributed by atoms with Crippen LogP contribution in [0.3, 0.4) is 0 Å². The van der Waals surface area contributed by atoms with Crippen molar-refractivity contribution in [2.75, 3.05) is 29.5 Å². The number of thiazole rings is 1. The van der Waals surface area contributed by atoms with Crippen molar-refractivity contribution in [3.8, 4) is 17.3 Å². The molecule has 0 unspecified atom stereocenters. The van der Waals surface area contributed by atoms with E-state index in [0.29, 0.717) is 50.3 Å². The van der Waals surface area contributed by atoms with E-state index in [1.54, 1.807) is 18.3 Å². The number of rotatable bonds is 6. The average Bonchev–Trinajstić information content (AvgIpc) is 3.42. The molecule has 0 radical (unpaired) electrons. The van der Waals surface area contributed by atoms with Gasteiger partial charge in [-0.15, -0.1) is 0 Å². The highest BCUT2D eigenvalue weighted by atomic mass is 35.5. The van der Waals surface area contributed by atoms with E-state index in [0.717, 1.165) is 5.56 Å². The van der Waals surface area contributed by atoms with Gasteiger partial charge in [0.2, 0.25) is 0 Å². The lowest BCUT2D eigenvalue weighted by Crippen LogP contribution is -2.21. The number of carboxylic acid groups (broad SMARTS) is 1. The van der Waals surface area contributed by atoms with Gasteiger partial charge in [-0.05, 0) is 18.2 Å². The number of nitrogen functional groups attached to an aromatic ring is 1. The number of nitriles is 1. The predicted octanol–water partition coefficient (Wildman–Crippen LogP) is 4.77. The number of hydrogen-bond acceptors (Lipinski definition) is 9. The summed E-state index contributed by atoms with van der Waals surface area (Å²) in [7, 11) is 0. The maximum Gasteiger partial charge on any atom is 0.490 e. The fraction of sp³-hybridized carbons (Fsp3) is 0.150. The molecule has 188 valence electrons. The van der Waals surface area contributed by atoms with E-state index in [1.165, 1.54) is 11.3 Å². The van der Waals surface area contributed by atoms with Gasteiger partial charge in [0.25, 0.3) is 0 Å². The number of nitrogens with zero attached hydrogens (tertiary/aromatic N) is 5. The first-order chi connectivity index (χ1) is 17.0. The van der Waals surface area contributed by atoms with Crippen molar-refractivity contribution in [3.63, 3.8) is 0 Å². The first-order valence-corrected chi connectivity index (χ1v) is 11.3. The normalized spacial score (nSPS) is 10.9. The van der Waals surface area contributed by atoms with Crippen LogP contribution < -0.4 is 16.4 Å². The Kier molecular flexibility index (Phi) is 8.41. The fourth-order valence-corrected chi connectivity index (χ4v) is 3.93. The summed E-state index contributed by atoms with van der Waals surface area (Å²) in [6, 6.07) is 7.31. The van der Waals surface area contributed by atoms with Crippen molar-refractivity contribution >= 4 is 62.9 Å². The Balaban J connectivity index is 0.000000454. The third kappa shape index (κ3) is 6.66. The second-order valence-corrected chi connectivity index (χ2v) is 8.60. The lowest BCUT2D eigenvalue weighted by Gasteiger charge is -2.11. The molecular weight excluding hydrogens is 544 g/mol. The summed E-state index contributed by atoms with van der Waals surface area (Å²) in [6.07, 6.45) is 0.327. The number of alkyl halides is 3. The van der Waals surface area contributed by atoms with E-state index in [1.807, 2.05) is 28.9 Å². The first-order valence-electron chi connectivity index (χ1n) is 9.73. The number of nitrogens with one attached hydrogen (secondary N) is 2. The monoisotopic (exact) mass is 558 g/mol. The number of halogens is 5. The molecule has 0 amide bonds. The first kappa shape index (κ1) is 26.8. The molecule has 0 aliphatic carbocycles. The molecule has 3 heterocycles. The van der Waals surface area contributed by atoms with Gasteiger partial charge in [0, 0.05) is 42.3 Å². The second kappa shape index (κ2) is 11.3. The zero-order valence-corrected chi connectivity index (χ0v) is 20.2. The second-order valence-electron chi connectivity index (χ2n) is 6.76. The number of nitrogens with two attached hydrogens (primary N) is 1. The van der Waals surface area contributed by atoms with Crippen LogP contribution in [0, 0.1) is 11.3 Å². The third-order valence-electron chi connectivity index (χ3n) is 4.27. The van der Waals surface area contributed by atoms with Crippen molar-refractivity contribution in [1.29, 1.82) is 5.26 Å². The van der Waals surface area contributed by atoms with Gasteiger partial charge in [-0.2, -0.15) is 18.4 Å². The highest BCUT2D eigenvalue weighted by Crippen LogP contribution is 2.30. The van der Waals surface area contributed by atoms with E-state index < -0.39 is 12.1 Å². The molecule has 0 atom stereocenters. The molecule has 0 saturated heterocycles. The number of carbonyl (C=O) groups is 1. The topological polar surface area (TPSA) is 154 Å². The van der Waals surface area contributed by atoms with Gasteiger partial charge in [0.05, 0.1) is 10.7 Å². The molecule has 16 heteroatoms. The summed E-state index contributed by atoms with van der Waals surface area (Å²) in [5.74, 6) is -1.90. The van der Waals surface area contributed by atoms with Crippen molar-refractivity contribution < 1.29 is 23.1 Å². The van der Waals surface area contributed by atoms with Crippen molar-refractivity contribution in [2.45, 2.75) is 6.18 Å². The van der Waals surface area contributed by atoms with Gasteiger partial charge < -0.3 is 25.9 Å². The number of fused-ring (bicyclic) bond motifs is 1. The Bertz CT molecular complexity index is 1430. The van der Waals surface area contributed by atoms with Crippen LogP contribution in [0.5, 0.6) is 0 Å². The number of hydrogen-bond donors (Lipinski definition) is 4. The number of aliphatic carboxylic acids is 1. The molecule has 4 rings (SSSR count). The van der Waals surface area contributed by atoms with Gasteiger partial charge >= 0.3 is 12.1 Å². The van der Waals surface area contributed by atoms with Crippen LogP contribution in [-0.2, 0) is 4.79 Å². The van der Waals surface area contributed by atoms with Gasteiger partial charge in [0.15, 0.2) is 22.4 Å². The molecule has 0 fully saturated rings. The molecule has 0 aliphatic heterocycles. The summed E-state index contributed by atoms with van der Waals surface area (Å²) in [4.78, 5) is 22.4. The molecule has 3 aromatic heterocycles. The highest BCUT2D eigenvalue weighted by molar-refractivity contribution is 7.16. The predicted molar refractivity (Wildman–Crippen MR) is 130 cm³/mol. The Morgan fingerprint density at radius 3 is 2.56 bits per heavy atom. The SMILES string of the molecule is N#Cc1sc(NCCNc2nc(-c3ccc(Cl)cc3Cl)cn3ccnc23)nc1N.O=C(O)C(F)(F)F. The van der Waals surface area contributed by atoms with E-state index in [-0.39, 0.29) is 5.82 Å². The summed E-state index contributed by atoms with van der Waals surface area (Å²) in [5.41, 5.74) is 7.84. The maximum absolute atomic E-state index is 10.6. The molecule has 0 aliphatic rings. The quantitative estimate of drug-likeness (QED) is 0.245. The summed E-state index contributed by atoms with van der Waals surface area (Å²) < 4.78 is 33.6. The molecule has 0 spiro atoms. The third-order valence-corrected chi connectivity index (χ3v) is 5.75. The van der Waals surface area contributed by atoms with Gasteiger partial charge in [-0.1, -0.05) is 34.5 Å². The Labute approximate surface area is 215 Å². The van der Waals surface area contributed by atoms with Crippen LogP contribution in [0.1, 0.15) is 4.88 Å². The van der Waals surface area contributed by atoms with Gasteiger partial charge in [-0.25, -0.2) is 19.7 Å².